The molecule has 0 saturated carbocycles. The van der Waals surface area contributed by atoms with Crippen molar-refractivity contribution < 1.29 is 28.5 Å². The zero-order valence-corrected chi connectivity index (χ0v) is 32.6. The Morgan fingerprint density at radius 1 is 0.457 bits per heavy atom. The predicted octanol–water partition coefficient (Wildman–Crippen LogP) is 10.4. The number of halogens is 1. The van der Waals surface area contributed by atoms with Gasteiger partial charge in [-0.05, 0) is 43.4 Å². The molecule has 0 atom stereocenters. The molecule has 0 bridgehead atoms. The van der Waals surface area contributed by atoms with E-state index in [1.807, 2.05) is 0 Å². The molecule has 2 rings (SSSR count). The summed E-state index contributed by atoms with van der Waals surface area (Å²) < 4.78 is 2.33. The van der Waals surface area contributed by atoms with Gasteiger partial charge in [0.25, 0.3) is 5.82 Å². The molecule has 0 saturated heterocycles. The number of pyridine rings is 1. The first-order valence-corrected chi connectivity index (χ1v) is 19.8. The van der Waals surface area contributed by atoms with Crippen LogP contribution in [0.1, 0.15) is 186 Å². The van der Waals surface area contributed by atoms with Gasteiger partial charge in [-0.2, -0.15) is 0 Å². The normalized spacial score (nSPS) is 11.5. The molecular weight excluding hydrogens is 671 g/mol. The van der Waals surface area contributed by atoms with Gasteiger partial charge in [0.15, 0.2) is 0 Å². The zero-order valence-electron chi connectivity index (χ0n) is 30.4. The molecule has 0 unspecified atom stereocenters. The first-order chi connectivity index (χ1) is 22.3. The van der Waals surface area contributed by atoms with Crippen LogP contribution in [0.4, 0.5) is 0 Å². The Kier molecular flexibility index (Phi) is 29.9. The van der Waals surface area contributed by atoms with E-state index in [4.69, 9.17) is 0 Å². The maximum Gasteiger partial charge on any atom is 0.281 e. The lowest BCUT2D eigenvalue weighted by Crippen LogP contribution is -3.00. The summed E-state index contributed by atoms with van der Waals surface area (Å²) in [5, 5.41) is 0. The Hall–Kier alpha value is -1.36. The summed E-state index contributed by atoms with van der Waals surface area (Å²) in [4.78, 5) is 2.68. The van der Waals surface area contributed by atoms with Gasteiger partial charge < -0.3 is 24.0 Å². The minimum absolute atomic E-state index is 0. The number of rotatable bonds is 31. The van der Waals surface area contributed by atoms with Gasteiger partial charge in [0.2, 0.25) is 0 Å². The van der Waals surface area contributed by atoms with Crippen LogP contribution in [0.3, 0.4) is 0 Å². The third-order valence-electron chi connectivity index (χ3n) is 9.46. The molecule has 3 heteroatoms. The molecule has 1 aromatic carbocycles. The highest BCUT2D eigenvalue weighted by Gasteiger charge is 2.20. The van der Waals surface area contributed by atoms with E-state index in [1.54, 1.807) is 0 Å². The van der Waals surface area contributed by atoms with Crippen molar-refractivity contribution in [2.75, 3.05) is 13.1 Å². The molecule has 1 aromatic heterocycles. The van der Waals surface area contributed by atoms with E-state index in [0.29, 0.717) is 0 Å². The Morgan fingerprint density at radius 2 is 0.783 bits per heavy atom. The lowest BCUT2D eigenvalue weighted by molar-refractivity contribution is -0.591. The zero-order chi connectivity index (χ0) is 31.9. The quantitative estimate of drug-likeness (QED) is 0.0424. The predicted molar refractivity (Wildman–Crippen MR) is 200 cm³/mol. The Labute approximate surface area is 304 Å². The molecule has 0 aliphatic carbocycles. The third kappa shape index (κ3) is 23.0. The smallest absolute Gasteiger partial charge is 0.281 e. The third-order valence-corrected chi connectivity index (χ3v) is 9.46. The molecule has 0 fully saturated rings. The Morgan fingerprint density at radius 3 is 1.15 bits per heavy atom. The first-order valence-electron chi connectivity index (χ1n) is 19.8. The van der Waals surface area contributed by atoms with Crippen molar-refractivity contribution >= 4 is 11.9 Å². The molecule has 0 spiro atoms. The highest BCUT2D eigenvalue weighted by molar-refractivity contribution is 5.64. The molecule has 0 N–H and O–H groups in total. The van der Waals surface area contributed by atoms with Crippen molar-refractivity contribution in [3.8, 4) is 0 Å². The van der Waals surface area contributed by atoms with Gasteiger partial charge >= 0.3 is 0 Å². The average molecular weight is 745 g/mol. The second-order valence-electron chi connectivity index (χ2n) is 13.7. The van der Waals surface area contributed by atoms with Crippen LogP contribution in [0.25, 0.3) is 11.9 Å². The Bertz CT molecular complexity index is 883. The number of unbranched alkanes of at least 4 members (excludes halogenated alkanes) is 24. The highest BCUT2D eigenvalue weighted by Crippen LogP contribution is 2.18. The van der Waals surface area contributed by atoms with Crippen LogP contribution in [0.15, 0.2) is 60.9 Å². The molecule has 2 aromatic rings. The van der Waals surface area contributed by atoms with Crippen molar-refractivity contribution in [1.82, 2.24) is 4.90 Å². The lowest BCUT2D eigenvalue weighted by atomic mass is 10.0. The van der Waals surface area contributed by atoms with Crippen LogP contribution in [0, 0.1) is 0 Å². The number of hydrogen-bond acceptors (Lipinski definition) is 1. The summed E-state index contributed by atoms with van der Waals surface area (Å²) in [5.41, 5.74) is 1.28. The van der Waals surface area contributed by atoms with Crippen LogP contribution in [0.2, 0.25) is 0 Å². The van der Waals surface area contributed by atoms with Crippen molar-refractivity contribution in [3.05, 3.63) is 66.5 Å². The summed E-state index contributed by atoms with van der Waals surface area (Å²) in [6.45, 7) is 6.91. The maximum absolute atomic E-state index is 2.68. The van der Waals surface area contributed by atoms with Gasteiger partial charge in [-0.1, -0.05) is 192 Å². The molecule has 1 heterocycles. The van der Waals surface area contributed by atoms with Gasteiger partial charge in [-0.25, -0.2) is 4.57 Å². The van der Waals surface area contributed by atoms with Gasteiger partial charge in [-0.3, -0.25) is 4.90 Å². The monoisotopic (exact) mass is 744 g/mol. The molecule has 0 radical (unpaired) electrons. The molecule has 46 heavy (non-hydrogen) atoms. The second kappa shape index (κ2) is 32.2. The summed E-state index contributed by atoms with van der Waals surface area (Å²) in [6.07, 6.45) is 43.5. The summed E-state index contributed by atoms with van der Waals surface area (Å²) >= 11 is 0. The van der Waals surface area contributed by atoms with Crippen molar-refractivity contribution in [1.29, 1.82) is 0 Å². The molecule has 0 aliphatic heterocycles. The fourth-order valence-corrected chi connectivity index (χ4v) is 6.56. The summed E-state index contributed by atoms with van der Waals surface area (Å²) in [5.74, 6) is 1.32. The summed E-state index contributed by atoms with van der Waals surface area (Å²) in [6, 6.07) is 17.3. The van der Waals surface area contributed by atoms with Crippen LogP contribution in [-0.2, 0) is 0 Å². The molecule has 0 amide bonds. The highest BCUT2D eigenvalue weighted by atomic mass is 127. The SMILES string of the molecule is CCCCCCCCCCCCCCCN(CCCCCCCCCCCCCCC)C(=Cc1ccccc1)[n+]1ccccc1.[I-]. The summed E-state index contributed by atoms with van der Waals surface area (Å²) in [7, 11) is 0. The van der Waals surface area contributed by atoms with Crippen molar-refractivity contribution in [2.24, 2.45) is 0 Å². The van der Waals surface area contributed by atoms with E-state index in [2.05, 4.69) is 90.3 Å². The van der Waals surface area contributed by atoms with Crippen LogP contribution < -0.4 is 28.5 Å². The fraction of sp³-hybridized carbons (Fsp3) is 0.698. The van der Waals surface area contributed by atoms with E-state index in [9.17, 15) is 0 Å². The standard InChI is InChI=1S/C43H73N2.HI/c1-3-5-7-9-11-13-15-17-19-21-23-25-31-37-44(38-32-26-24-22-20-18-16-14-12-10-8-6-4-2)43(45-39-33-28-34-40-45)41-42-35-29-27-30-36-42;/h27-30,33-36,39-41H,3-26,31-32,37-38H2,1-2H3;1H/q+1;/p-1. The maximum atomic E-state index is 2.68. The van der Waals surface area contributed by atoms with E-state index in [-0.39, 0.29) is 24.0 Å². The minimum Gasteiger partial charge on any atom is -1.00 e. The van der Waals surface area contributed by atoms with Crippen molar-refractivity contribution in [3.63, 3.8) is 0 Å². The molecular formula is C43H73IN2. The molecule has 2 nitrogen and oxygen atoms in total. The molecule has 262 valence electrons. The van der Waals surface area contributed by atoms with E-state index < -0.39 is 0 Å². The number of hydrogen-bond donors (Lipinski definition) is 0. The fourth-order valence-electron chi connectivity index (χ4n) is 6.56. The number of nitrogens with zero attached hydrogens (tertiary/aromatic N) is 2. The average Bonchev–Trinajstić information content (AvgIpc) is 3.08. The van der Waals surface area contributed by atoms with Crippen LogP contribution in [-0.4, -0.2) is 18.0 Å². The number of benzene rings is 1. The number of aromatic nitrogens is 1. The van der Waals surface area contributed by atoms with Crippen LogP contribution >= 0.6 is 0 Å². The largest absolute Gasteiger partial charge is 1.00 e. The van der Waals surface area contributed by atoms with Gasteiger partial charge in [0.1, 0.15) is 0 Å². The van der Waals surface area contributed by atoms with Crippen molar-refractivity contribution in [2.45, 2.75) is 181 Å². The lowest BCUT2D eigenvalue weighted by Gasteiger charge is -2.21. The minimum atomic E-state index is 0. The van der Waals surface area contributed by atoms with Gasteiger partial charge in [0.05, 0.1) is 25.5 Å². The molecule has 0 aliphatic rings. The topological polar surface area (TPSA) is 7.12 Å². The van der Waals surface area contributed by atoms with Crippen LogP contribution in [0.5, 0.6) is 0 Å². The van der Waals surface area contributed by atoms with Gasteiger partial charge in [0, 0.05) is 6.08 Å². The Balaban J connectivity index is 0.0000106. The van der Waals surface area contributed by atoms with E-state index in [0.717, 1.165) is 13.1 Å². The first kappa shape index (κ1) is 42.7. The van der Waals surface area contributed by atoms with E-state index in [1.165, 1.54) is 178 Å². The second-order valence-corrected chi connectivity index (χ2v) is 13.7. The van der Waals surface area contributed by atoms with Gasteiger partial charge in [-0.15, -0.1) is 0 Å². The van der Waals surface area contributed by atoms with E-state index >= 15 is 0 Å².